The van der Waals surface area contributed by atoms with E-state index in [0.29, 0.717) is 12.0 Å². The molecule has 0 spiro atoms. The highest BCUT2D eigenvalue weighted by atomic mass is 16.5. The minimum Gasteiger partial charge on any atom is -0.378 e. The van der Waals surface area contributed by atoms with Gasteiger partial charge in [0, 0.05) is 24.9 Å². The number of aryl methyl sites for hydroxylation is 1. The average molecular weight is 302 g/mol. The third kappa shape index (κ3) is 4.28. The highest BCUT2D eigenvalue weighted by molar-refractivity contribution is 5.05. The SMILES string of the molecule is Cc1cnc(C2CCC(COC3CCC(C)CC3)CC2)nc1. The number of ether oxygens (including phenoxy) is 1. The zero-order valence-electron chi connectivity index (χ0n) is 14.1. The molecule has 0 aromatic carbocycles. The van der Waals surface area contributed by atoms with E-state index in [2.05, 4.69) is 16.9 Å². The Hall–Kier alpha value is -0.960. The fourth-order valence-corrected chi connectivity index (χ4v) is 3.87. The molecule has 2 saturated carbocycles. The van der Waals surface area contributed by atoms with Crippen LogP contribution in [0.25, 0.3) is 0 Å². The van der Waals surface area contributed by atoms with Gasteiger partial charge in [-0.15, -0.1) is 0 Å². The molecule has 0 bridgehead atoms. The molecular formula is C19H30N2O. The summed E-state index contributed by atoms with van der Waals surface area (Å²) in [5.41, 5.74) is 1.15. The summed E-state index contributed by atoms with van der Waals surface area (Å²) < 4.78 is 6.20. The lowest BCUT2D eigenvalue weighted by Crippen LogP contribution is -2.25. The summed E-state index contributed by atoms with van der Waals surface area (Å²) in [6, 6.07) is 0. The Morgan fingerprint density at radius 2 is 1.59 bits per heavy atom. The van der Waals surface area contributed by atoms with Crippen LogP contribution in [0, 0.1) is 18.8 Å². The van der Waals surface area contributed by atoms with Crippen LogP contribution in [0.4, 0.5) is 0 Å². The lowest BCUT2D eigenvalue weighted by Gasteiger charge is -2.31. The standard InChI is InChI=1S/C19H30N2O/c1-14-3-9-18(10-4-14)22-13-16-5-7-17(8-6-16)19-20-11-15(2)12-21-19/h11-12,14,16-18H,3-10,13H2,1-2H3. The molecule has 0 atom stereocenters. The van der Waals surface area contributed by atoms with Crippen molar-refractivity contribution in [2.75, 3.05) is 6.61 Å². The van der Waals surface area contributed by atoms with Crippen molar-refractivity contribution >= 4 is 0 Å². The van der Waals surface area contributed by atoms with Gasteiger partial charge in [-0.3, -0.25) is 0 Å². The number of aromatic nitrogens is 2. The van der Waals surface area contributed by atoms with Crippen molar-refractivity contribution in [1.29, 1.82) is 0 Å². The quantitative estimate of drug-likeness (QED) is 0.811. The van der Waals surface area contributed by atoms with E-state index in [-0.39, 0.29) is 0 Å². The maximum Gasteiger partial charge on any atom is 0.131 e. The molecule has 1 heterocycles. The first-order valence-electron chi connectivity index (χ1n) is 9.11. The average Bonchev–Trinajstić information content (AvgIpc) is 2.56. The topological polar surface area (TPSA) is 35.0 Å². The molecule has 0 radical (unpaired) electrons. The molecule has 0 aliphatic heterocycles. The second kappa shape index (κ2) is 7.54. The Morgan fingerprint density at radius 1 is 0.955 bits per heavy atom. The lowest BCUT2D eigenvalue weighted by atomic mass is 9.82. The van der Waals surface area contributed by atoms with Crippen molar-refractivity contribution in [3.63, 3.8) is 0 Å². The molecule has 2 aliphatic rings. The van der Waals surface area contributed by atoms with Gasteiger partial charge >= 0.3 is 0 Å². The predicted octanol–water partition coefficient (Wildman–Crippen LogP) is 4.65. The third-order valence-electron chi connectivity index (χ3n) is 5.54. The van der Waals surface area contributed by atoms with Gasteiger partial charge in [0.25, 0.3) is 0 Å². The minimum atomic E-state index is 0.536. The number of hydrogen-bond donors (Lipinski definition) is 0. The fraction of sp³-hybridized carbons (Fsp3) is 0.789. The molecule has 3 rings (SSSR count). The van der Waals surface area contributed by atoms with Gasteiger partial charge in [-0.1, -0.05) is 6.92 Å². The van der Waals surface area contributed by atoms with Gasteiger partial charge < -0.3 is 4.74 Å². The molecular weight excluding hydrogens is 272 g/mol. The lowest BCUT2D eigenvalue weighted by molar-refractivity contribution is -0.00653. The van der Waals surface area contributed by atoms with Crippen LogP contribution in [-0.2, 0) is 4.74 Å². The van der Waals surface area contributed by atoms with Gasteiger partial charge in [-0.05, 0) is 75.7 Å². The summed E-state index contributed by atoms with van der Waals surface area (Å²) in [5, 5.41) is 0. The zero-order chi connectivity index (χ0) is 15.4. The largest absolute Gasteiger partial charge is 0.378 e. The van der Waals surface area contributed by atoms with Gasteiger partial charge in [0.1, 0.15) is 5.82 Å². The third-order valence-corrected chi connectivity index (χ3v) is 5.54. The zero-order valence-corrected chi connectivity index (χ0v) is 14.1. The summed E-state index contributed by atoms with van der Waals surface area (Å²) in [5.74, 6) is 3.27. The predicted molar refractivity (Wildman–Crippen MR) is 88.8 cm³/mol. The first-order valence-corrected chi connectivity index (χ1v) is 9.11. The first kappa shape index (κ1) is 15.9. The fourth-order valence-electron chi connectivity index (χ4n) is 3.87. The van der Waals surface area contributed by atoms with Crippen molar-refractivity contribution < 1.29 is 4.74 Å². The van der Waals surface area contributed by atoms with Crippen LogP contribution < -0.4 is 0 Å². The molecule has 3 heteroatoms. The maximum atomic E-state index is 6.20. The second-order valence-electron chi connectivity index (χ2n) is 7.55. The van der Waals surface area contributed by atoms with Crippen LogP contribution in [0.3, 0.4) is 0 Å². The summed E-state index contributed by atoms with van der Waals surface area (Å²) in [6.45, 7) is 5.38. The van der Waals surface area contributed by atoms with Crippen LogP contribution >= 0.6 is 0 Å². The van der Waals surface area contributed by atoms with Crippen molar-refractivity contribution in [3.05, 3.63) is 23.8 Å². The highest BCUT2D eigenvalue weighted by Crippen LogP contribution is 2.35. The minimum absolute atomic E-state index is 0.536. The number of hydrogen-bond acceptors (Lipinski definition) is 3. The molecule has 22 heavy (non-hydrogen) atoms. The van der Waals surface area contributed by atoms with Crippen molar-refractivity contribution in [3.8, 4) is 0 Å². The Labute approximate surface area is 134 Å². The number of rotatable bonds is 4. The molecule has 3 nitrogen and oxygen atoms in total. The van der Waals surface area contributed by atoms with Gasteiger partial charge in [0.05, 0.1) is 6.10 Å². The van der Waals surface area contributed by atoms with Crippen LogP contribution in [0.5, 0.6) is 0 Å². The van der Waals surface area contributed by atoms with E-state index in [1.54, 1.807) is 0 Å². The summed E-state index contributed by atoms with van der Waals surface area (Å²) in [6.07, 6.45) is 14.7. The van der Waals surface area contributed by atoms with E-state index in [0.717, 1.165) is 29.8 Å². The van der Waals surface area contributed by atoms with Gasteiger partial charge in [-0.25, -0.2) is 9.97 Å². The van der Waals surface area contributed by atoms with Crippen molar-refractivity contribution in [1.82, 2.24) is 9.97 Å². The summed E-state index contributed by atoms with van der Waals surface area (Å²) in [4.78, 5) is 9.02. The Morgan fingerprint density at radius 3 is 2.23 bits per heavy atom. The van der Waals surface area contributed by atoms with Gasteiger partial charge in [0.2, 0.25) is 0 Å². The van der Waals surface area contributed by atoms with E-state index in [1.807, 2.05) is 19.3 Å². The molecule has 122 valence electrons. The molecule has 0 unspecified atom stereocenters. The molecule has 2 fully saturated rings. The van der Waals surface area contributed by atoms with Crippen molar-refractivity contribution in [2.24, 2.45) is 11.8 Å². The molecule has 1 aromatic heterocycles. The Balaban J connectivity index is 1.39. The molecule has 2 aliphatic carbocycles. The van der Waals surface area contributed by atoms with E-state index in [1.165, 1.54) is 51.4 Å². The molecule has 0 saturated heterocycles. The second-order valence-corrected chi connectivity index (χ2v) is 7.55. The van der Waals surface area contributed by atoms with Gasteiger partial charge in [0.15, 0.2) is 0 Å². The van der Waals surface area contributed by atoms with E-state index in [4.69, 9.17) is 4.74 Å². The highest BCUT2D eigenvalue weighted by Gasteiger charge is 2.26. The summed E-state index contributed by atoms with van der Waals surface area (Å²) >= 11 is 0. The van der Waals surface area contributed by atoms with Crippen molar-refractivity contribution in [2.45, 2.75) is 77.2 Å². The van der Waals surface area contributed by atoms with E-state index < -0.39 is 0 Å². The van der Waals surface area contributed by atoms with Crippen LogP contribution in [0.2, 0.25) is 0 Å². The maximum absolute atomic E-state index is 6.20. The smallest absolute Gasteiger partial charge is 0.131 e. The first-order chi connectivity index (χ1) is 10.7. The van der Waals surface area contributed by atoms with E-state index in [9.17, 15) is 0 Å². The Kier molecular flexibility index (Phi) is 5.46. The van der Waals surface area contributed by atoms with Crippen LogP contribution in [0.1, 0.15) is 75.6 Å². The molecule has 0 N–H and O–H groups in total. The molecule has 0 amide bonds. The summed E-state index contributed by atoms with van der Waals surface area (Å²) in [7, 11) is 0. The van der Waals surface area contributed by atoms with E-state index >= 15 is 0 Å². The molecule has 1 aromatic rings. The van der Waals surface area contributed by atoms with Gasteiger partial charge in [-0.2, -0.15) is 0 Å². The van der Waals surface area contributed by atoms with Crippen LogP contribution in [0.15, 0.2) is 12.4 Å². The normalized spacial score (nSPS) is 32.8. The van der Waals surface area contributed by atoms with Crippen LogP contribution in [-0.4, -0.2) is 22.7 Å². The monoisotopic (exact) mass is 302 g/mol. The Bertz CT molecular complexity index is 443. The number of nitrogens with zero attached hydrogens (tertiary/aromatic N) is 2.